The maximum absolute atomic E-state index is 12.4. The number of rotatable bonds is 3. The van der Waals surface area contributed by atoms with Crippen LogP contribution in [0.5, 0.6) is 0 Å². The fraction of sp³-hybridized carbons (Fsp3) is 0.333. The van der Waals surface area contributed by atoms with Gasteiger partial charge in [-0.25, -0.2) is 0 Å². The number of nitrogens with zero attached hydrogens (tertiary/aromatic N) is 2. The van der Waals surface area contributed by atoms with Gasteiger partial charge in [-0.1, -0.05) is 15.9 Å². The van der Waals surface area contributed by atoms with Crippen molar-refractivity contribution in [3.05, 3.63) is 39.6 Å². The Morgan fingerprint density at radius 1 is 1.38 bits per heavy atom. The zero-order valence-corrected chi connectivity index (χ0v) is 14.2. The predicted molar refractivity (Wildman–Crippen MR) is 88.6 cm³/mol. The third-order valence-electron chi connectivity index (χ3n) is 3.31. The van der Waals surface area contributed by atoms with Crippen molar-refractivity contribution in [1.82, 2.24) is 9.78 Å². The van der Waals surface area contributed by atoms with Crippen molar-refractivity contribution in [2.24, 2.45) is 0 Å². The summed E-state index contributed by atoms with van der Waals surface area (Å²) in [5.41, 5.74) is 9.26. The van der Waals surface area contributed by atoms with Crippen LogP contribution < -0.4 is 11.1 Å². The van der Waals surface area contributed by atoms with Crippen LogP contribution in [-0.4, -0.2) is 15.7 Å². The number of hydrogen-bond acceptors (Lipinski definition) is 3. The van der Waals surface area contributed by atoms with Gasteiger partial charge in [0, 0.05) is 16.2 Å². The molecule has 2 rings (SSSR count). The topological polar surface area (TPSA) is 72.9 Å². The minimum absolute atomic E-state index is 0.227. The molecule has 2 aromatic rings. The van der Waals surface area contributed by atoms with Crippen LogP contribution in [0.1, 0.15) is 41.6 Å². The van der Waals surface area contributed by atoms with Gasteiger partial charge in [0.2, 0.25) is 0 Å². The minimum atomic E-state index is -0.227. The number of halogens is 1. The average Bonchev–Trinajstić information content (AvgIpc) is 2.66. The van der Waals surface area contributed by atoms with Gasteiger partial charge in [0.25, 0.3) is 5.91 Å². The van der Waals surface area contributed by atoms with Gasteiger partial charge >= 0.3 is 0 Å². The Hall–Kier alpha value is -1.82. The Kier molecular flexibility index (Phi) is 4.37. The first-order valence-corrected chi connectivity index (χ1v) is 7.52. The van der Waals surface area contributed by atoms with Gasteiger partial charge in [-0.05, 0) is 45.9 Å². The number of anilines is 2. The molecule has 0 aliphatic rings. The number of nitrogens with one attached hydrogen (secondary N) is 1. The molecule has 3 N–H and O–H groups in total. The quantitative estimate of drug-likeness (QED) is 0.829. The largest absolute Gasteiger partial charge is 0.398 e. The highest BCUT2D eigenvalue weighted by Crippen LogP contribution is 2.25. The van der Waals surface area contributed by atoms with Gasteiger partial charge in [-0.3, -0.25) is 9.48 Å². The summed E-state index contributed by atoms with van der Waals surface area (Å²) in [5, 5.41) is 7.37. The number of benzene rings is 1. The molecule has 0 aliphatic heterocycles. The number of nitrogens with two attached hydrogens (primary N) is 1. The lowest BCUT2D eigenvalue weighted by Gasteiger charge is -2.10. The second kappa shape index (κ2) is 5.89. The SMILES string of the molecule is Cc1nn(C(C)C)c(C)c1NC(=O)c1ccc(Br)cc1N. The van der Waals surface area contributed by atoms with Crippen molar-refractivity contribution in [2.45, 2.75) is 33.7 Å². The normalized spacial score (nSPS) is 11.0. The van der Waals surface area contributed by atoms with Crippen LogP contribution >= 0.6 is 15.9 Å². The van der Waals surface area contributed by atoms with Crippen molar-refractivity contribution in [2.75, 3.05) is 11.1 Å². The lowest BCUT2D eigenvalue weighted by atomic mass is 10.1. The Bertz CT molecular complexity index is 691. The first-order chi connectivity index (χ1) is 9.81. The Labute approximate surface area is 132 Å². The average molecular weight is 351 g/mol. The smallest absolute Gasteiger partial charge is 0.257 e. The predicted octanol–water partition coefficient (Wildman–Crippen LogP) is 3.68. The Morgan fingerprint density at radius 3 is 2.57 bits per heavy atom. The zero-order valence-electron chi connectivity index (χ0n) is 12.6. The van der Waals surface area contributed by atoms with E-state index in [2.05, 4.69) is 40.2 Å². The molecule has 6 heteroatoms. The lowest BCUT2D eigenvalue weighted by molar-refractivity contribution is 0.102. The second-order valence-corrected chi connectivity index (χ2v) is 6.19. The zero-order chi connectivity index (χ0) is 15.7. The summed E-state index contributed by atoms with van der Waals surface area (Å²) in [4.78, 5) is 12.4. The van der Waals surface area contributed by atoms with E-state index in [1.807, 2.05) is 18.5 Å². The van der Waals surface area contributed by atoms with E-state index in [0.29, 0.717) is 11.3 Å². The molecule has 0 saturated carbocycles. The summed E-state index contributed by atoms with van der Waals surface area (Å²) in [7, 11) is 0. The molecule has 0 saturated heterocycles. The molecular weight excluding hydrogens is 332 g/mol. The summed E-state index contributed by atoms with van der Waals surface area (Å²) in [5.74, 6) is -0.227. The molecule has 1 amide bonds. The minimum Gasteiger partial charge on any atom is -0.398 e. The van der Waals surface area contributed by atoms with E-state index in [9.17, 15) is 4.79 Å². The van der Waals surface area contributed by atoms with Gasteiger partial charge < -0.3 is 11.1 Å². The van der Waals surface area contributed by atoms with Crippen molar-refractivity contribution in [3.63, 3.8) is 0 Å². The summed E-state index contributed by atoms with van der Waals surface area (Å²) >= 11 is 3.33. The first-order valence-electron chi connectivity index (χ1n) is 6.73. The maximum atomic E-state index is 12.4. The van der Waals surface area contributed by atoms with E-state index < -0.39 is 0 Å². The van der Waals surface area contributed by atoms with Gasteiger partial charge in [0.15, 0.2) is 0 Å². The van der Waals surface area contributed by atoms with E-state index in [1.165, 1.54) is 0 Å². The van der Waals surface area contributed by atoms with Crippen LogP contribution in [0.25, 0.3) is 0 Å². The molecule has 0 spiro atoms. The van der Waals surface area contributed by atoms with Gasteiger partial charge in [-0.15, -0.1) is 0 Å². The number of carbonyl (C=O) groups excluding carboxylic acids is 1. The van der Waals surface area contributed by atoms with E-state index in [4.69, 9.17) is 5.73 Å². The molecule has 0 unspecified atom stereocenters. The summed E-state index contributed by atoms with van der Waals surface area (Å²) < 4.78 is 2.74. The van der Waals surface area contributed by atoms with Crippen LogP contribution in [0, 0.1) is 13.8 Å². The van der Waals surface area contributed by atoms with Crippen LogP contribution in [0.4, 0.5) is 11.4 Å². The van der Waals surface area contributed by atoms with Crippen LogP contribution in [0.15, 0.2) is 22.7 Å². The molecule has 112 valence electrons. The number of hydrogen-bond donors (Lipinski definition) is 2. The monoisotopic (exact) mass is 350 g/mol. The van der Waals surface area contributed by atoms with Crippen molar-refractivity contribution < 1.29 is 4.79 Å². The number of aromatic nitrogens is 2. The molecule has 0 bridgehead atoms. The molecule has 21 heavy (non-hydrogen) atoms. The van der Waals surface area contributed by atoms with Crippen molar-refractivity contribution in [1.29, 1.82) is 0 Å². The van der Waals surface area contributed by atoms with E-state index in [-0.39, 0.29) is 11.9 Å². The summed E-state index contributed by atoms with van der Waals surface area (Å²) in [6, 6.07) is 5.45. The Balaban J connectivity index is 2.32. The van der Waals surface area contributed by atoms with E-state index >= 15 is 0 Å². The van der Waals surface area contributed by atoms with Crippen LogP contribution in [0.3, 0.4) is 0 Å². The van der Waals surface area contributed by atoms with Gasteiger partial charge in [0.1, 0.15) is 0 Å². The van der Waals surface area contributed by atoms with Gasteiger partial charge in [-0.2, -0.15) is 5.10 Å². The number of carbonyl (C=O) groups is 1. The summed E-state index contributed by atoms with van der Waals surface area (Å²) in [6.45, 7) is 7.93. The molecule has 0 fully saturated rings. The highest BCUT2D eigenvalue weighted by molar-refractivity contribution is 9.10. The third kappa shape index (κ3) is 3.10. The number of aryl methyl sites for hydroxylation is 1. The lowest BCUT2D eigenvalue weighted by Crippen LogP contribution is -2.15. The molecule has 1 heterocycles. The van der Waals surface area contributed by atoms with Crippen molar-refractivity contribution >= 4 is 33.2 Å². The number of amides is 1. The fourth-order valence-electron chi connectivity index (χ4n) is 2.27. The first kappa shape index (κ1) is 15.6. The van der Waals surface area contributed by atoms with Gasteiger partial charge in [0.05, 0.1) is 22.6 Å². The molecule has 5 nitrogen and oxygen atoms in total. The van der Waals surface area contributed by atoms with Crippen molar-refractivity contribution in [3.8, 4) is 0 Å². The fourth-order valence-corrected chi connectivity index (χ4v) is 2.65. The third-order valence-corrected chi connectivity index (χ3v) is 3.80. The molecule has 0 atom stereocenters. The molecule has 1 aromatic carbocycles. The highest BCUT2D eigenvalue weighted by atomic mass is 79.9. The summed E-state index contributed by atoms with van der Waals surface area (Å²) in [6.07, 6.45) is 0. The number of nitrogen functional groups attached to an aromatic ring is 1. The molecule has 0 radical (unpaired) electrons. The second-order valence-electron chi connectivity index (χ2n) is 5.27. The highest BCUT2D eigenvalue weighted by Gasteiger charge is 2.17. The standard InChI is InChI=1S/C15H19BrN4O/c1-8(2)20-10(4)14(9(3)19-20)18-15(21)12-6-5-11(16)7-13(12)17/h5-8H,17H2,1-4H3,(H,18,21). The molecular formula is C15H19BrN4O. The van der Waals surface area contributed by atoms with E-state index in [1.54, 1.807) is 18.2 Å². The van der Waals surface area contributed by atoms with Crippen LogP contribution in [-0.2, 0) is 0 Å². The molecule has 1 aromatic heterocycles. The molecule has 0 aliphatic carbocycles. The van der Waals surface area contributed by atoms with Crippen LogP contribution in [0.2, 0.25) is 0 Å². The Morgan fingerprint density at radius 2 is 2.05 bits per heavy atom. The maximum Gasteiger partial charge on any atom is 0.257 e. The van der Waals surface area contributed by atoms with E-state index in [0.717, 1.165) is 21.5 Å².